The molecule has 2 bridgehead atoms. The lowest BCUT2D eigenvalue weighted by Gasteiger charge is -2.20. The molecule has 0 N–H and O–H groups in total. The molecule has 0 aromatic carbocycles. The summed E-state index contributed by atoms with van der Waals surface area (Å²) in [5.74, 6) is 0.187. The zero-order chi connectivity index (χ0) is 10.9. The van der Waals surface area contributed by atoms with E-state index in [4.69, 9.17) is 0 Å². The van der Waals surface area contributed by atoms with Crippen molar-refractivity contribution in [3.05, 3.63) is 34.4 Å². The first-order valence-electron chi connectivity index (χ1n) is 5.62. The molecular weight excluding hydrogens is 204 g/mol. The van der Waals surface area contributed by atoms with Crippen LogP contribution in [-0.4, -0.2) is 11.9 Å². The summed E-state index contributed by atoms with van der Waals surface area (Å²) in [6.07, 6.45) is 6.89. The minimum absolute atomic E-state index is 0.418. The predicted octanol–water partition coefficient (Wildman–Crippen LogP) is 1.66. The lowest BCUT2D eigenvalue weighted by Crippen LogP contribution is -2.10. The second-order valence-electron chi connectivity index (χ2n) is 4.87. The van der Waals surface area contributed by atoms with Gasteiger partial charge in [-0.05, 0) is 18.3 Å². The van der Waals surface area contributed by atoms with Gasteiger partial charge in [0, 0.05) is 12.8 Å². The fourth-order valence-electron chi connectivity index (χ4n) is 3.37. The van der Waals surface area contributed by atoms with E-state index in [2.05, 4.69) is 16.9 Å². The third-order valence-electron chi connectivity index (χ3n) is 4.17. The fraction of sp³-hybridized carbons (Fsp3) is 0.385. The standard InChI is InChI=1S/C13H10O3/c14-12-10-4-8-6-1-2-7(3-6)9(8)5-11(10)13(15)16-12/h1-2,6-7H,3-5H2. The van der Waals surface area contributed by atoms with Gasteiger partial charge in [0.05, 0.1) is 11.1 Å². The molecule has 2 unspecified atom stereocenters. The maximum Gasteiger partial charge on any atom is 0.342 e. The molecular formula is C13H10O3. The molecule has 16 heavy (non-hydrogen) atoms. The summed E-state index contributed by atoms with van der Waals surface area (Å²) < 4.78 is 4.67. The van der Waals surface area contributed by atoms with Crippen LogP contribution in [0, 0.1) is 11.8 Å². The maximum absolute atomic E-state index is 11.5. The van der Waals surface area contributed by atoms with Crippen LogP contribution in [0.4, 0.5) is 0 Å². The number of carbonyl (C=O) groups excluding carboxylic acids is 2. The van der Waals surface area contributed by atoms with Gasteiger partial charge in [-0.1, -0.05) is 23.3 Å². The van der Waals surface area contributed by atoms with Gasteiger partial charge in [0.15, 0.2) is 0 Å². The van der Waals surface area contributed by atoms with Crippen LogP contribution in [-0.2, 0) is 14.3 Å². The van der Waals surface area contributed by atoms with E-state index in [9.17, 15) is 9.59 Å². The van der Waals surface area contributed by atoms with Gasteiger partial charge in [-0.15, -0.1) is 0 Å². The Labute approximate surface area is 92.5 Å². The third kappa shape index (κ3) is 0.848. The Morgan fingerprint density at radius 2 is 1.44 bits per heavy atom. The Kier molecular flexibility index (Phi) is 1.35. The number of rotatable bonds is 0. The maximum atomic E-state index is 11.5. The Morgan fingerprint density at radius 3 is 1.94 bits per heavy atom. The molecule has 0 saturated heterocycles. The van der Waals surface area contributed by atoms with Gasteiger partial charge in [-0.3, -0.25) is 0 Å². The van der Waals surface area contributed by atoms with Gasteiger partial charge >= 0.3 is 11.9 Å². The van der Waals surface area contributed by atoms with Crippen LogP contribution in [0.25, 0.3) is 0 Å². The second kappa shape index (κ2) is 2.54. The molecule has 1 heterocycles. The Hall–Kier alpha value is -1.64. The molecule has 0 aromatic rings. The number of cyclic esters (lactones) is 2. The van der Waals surface area contributed by atoms with Crippen molar-refractivity contribution in [2.24, 2.45) is 11.8 Å². The van der Waals surface area contributed by atoms with Crippen molar-refractivity contribution in [2.45, 2.75) is 19.3 Å². The zero-order valence-electron chi connectivity index (χ0n) is 8.66. The molecule has 0 fully saturated rings. The van der Waals surface area contributed by atoms with Crippen LogP contribution < -0.4 is 0 Å². The number of hydrogen-bond acceptors (Lipinski definition) is 3. The van der Waals surface area contributed by atoms with E-state index >= 15 is 0 Å². The molecule has 3 nitrogen and oxygen atoms in total. The molecule has 1 aliphatic heterocycles. The van der Waals surface area contributed by atoms with Crippen molar-refractivity contribution < 1.29 is 14.3 Å². The normalized spacial score (nSPS) is 34.8. The molecule has 4 rings (SSSR count). The first-order chi connectivity index (χ1) is 7.74. The zero-order valence-corrected chi connectivity index (χ0v) is 8.66. The van der Waals surface area contributed by atoms with Gasteiger partial charge in [0.25, 0.3) is 0 Å². The SMILES string of the molecule is O=C1OC(=O)C2=C1CC1=C(C2)C2C=CC1C2. The first-order valence-corrected chi connectivity index (χ1v) is 5.62. The summed E-state index contributed by atoms with van der Waals surface area (Å²) in [6.45, 7) is 0. The smallest absolute Gasteiger partial charge is 0.342 e. The Balaban J connectivity index is 1.78. The second-order valence-corrected chi connectivity index (χ2v) is 4.87. The molecule has 0 aromatic heterocycles. The summed E-state index contributed by atoms with van der Waals surface area (Å²) in [6, 6.07) is 0. The van der Waals surface area contributed by atoms with E-state index in [0.717, 1.165) is 6.42 Å². The summed E-state index contributed by atoms with van der Waals surface area (Å²) in [5, 5.41) is 0. The number of ether oxygens (including phenoxy) is 1. The average Bonchev–Trinajstić information content (AvgIpc) is 2.93. The average molecular weight is 214 g/mol. The summed E-state index contributed by atoms with van der Waals surface area (Å²) in [5.41, 5.74) is 3.98. The molecule has 3 aliphatic carbocycles. The van der Waals surface area contributed by atoms with Crippen molar-refractivity contribution in [3.8, 4) is 0 Å². The van der Waals surface area contributed by atoms with Gasteiger partial charge in [-0.25, -0.2) is 9.59 Å². The Morgan fingerprint density at radius 1 is 0.938 bits per heavy atom. The van der Waals surface area contributed by atoms with Crippen molar-refractivity contribution in [2.75, 3.05) is 0 Å². The highest BCUT2D eigenvalue weighted by atomic mass is 16.6. The van der Waals surface area contributed by atoms with E-state index < -0.39 is 11.9 Å². The van der Waals surface area contributed by atoms with Crippen LogP contribution in [0.1, 0.15) is 19.3 Å². The van der Waals surface area contributed by atoms with Crippen LogP contribution in [0.2, 0.25) is 0 Å². The van der Waals surface area contributed by atoms with Crippen LogP contribution in [0.5, 0.6) is 0 Å². The van der Waals surface area contributed by atoms with Crippen LogP contribution >= 0.6 is 0 Å². The van der Waals surface area contributed by atoms with Gasteiger partial charge in [-0.2, -0.15) is 0 Å². The van der Waals surface area contributed by atoms with Crippen LogP contribution in [0.3, 0.4) is 0 Å². The first kappa shape index (κ1) is 8.50. The van der Waals surface area contributed by atoms with E-state index in [1.54, 1.807) is 0 Å². The lowest BCUT2D eigenvalue weighted by molar-refractivity contribution is -0.151. The molecule has 0 spiro atoms. The monoisotopic (exact) mass is 214 g/mol. The van der Waals surface area contributed by atoms with E-state index in [1.807, 2.05) is 0 Å². The molecule has 4 aliphatic rings. The highest BCUT2D eigenvalue weighted by molar-refractivity contribution is 6.13. The Bertz CT molecular complexity index is 489. The largest absolute Gasteiger partial charge is 0.386 e. The molecule has 2 atom stereocenters. The minimum atomic E-state index is -0.418. The quantitative estimate of drug-likeness (QED) is 0.350. The van der Waals surface area contributed by atoms with Crippen molar-refractivity contribution in [3.63, 3.8) is 0 Å². The molecule has 0 saturated carbocycles. The fourth-order valence-corrected chi connectivity index (χ4v) is 3.37. The number of esters is 2. The van der Waals surface area contributed by atoms with Crippen LogP contribution in [0.15, 0.2) is 34.4 Å². The van der Waals surface area contributed by atoms with Crippen molar-refractivity contribution in [1.29, 1.82) is 0 Å². The lowest BCUT2D eigenvalue weighted by atomic mass is 9.82. The van der Waals surface area contributed by atoms with Gasteiger partial charge < -0.3 is 4.74 Å². The van der Waals surface area contributed by atoms with E-state index in [-0.39, 0.29) is 0 Å². The molecule has 0 amide bonds. The van der Waals surface area contributed by atoms with Gasteiger partial charge in [0.1, 0.15) is 0 Å². The third-order valence-corrected chi connectivity index (χ3v) is 4.17. The highest BCUT2D eigenvalue weighted by Gasteiger charge is 2.44. The predicted molar refractivity (Wildman–Crippen MR) is 55.1 cm³/mol. The molecule has 3 heteroatoms. The summed E-state index contributed by atoms with van der Waals surface area (Å²) in [4.78, 5) is 22.9. The summed E-state index contributed by atoms with van der Waals surface area (Å²) in [7, 11) is 0. The number of hydrogen-bond donors (Lipinski definition) is 0. The van der Waals surface area contributed by atoms with Crippen molar-refractivity contribution >= 4 is 11.9 Å². The topological polar surface area (TPSA) is 43.4 Å². The van der Waals surface area contributed by atoms with E-state index in [1.165, 1.54) is 11.1 Å². The van der Waals surface area contributed by atoms with Crippen molar-refractivity contribution in [1.82, 2.24) is 0 Å². The van der Waals surface area contributed by atoms with Gasteiger partial charge in [0.2, 0.25) is 0 Å². The number of fused-ring (bicyclic) bond motifs is 4. The molecule has 80 valence electrons. The van der Waals surface area contributed by atoms with E-state index in [0.29, 0.717) is 35.8 Å². The number of carbonyl (C=O) groups is 2. The summed E-state index contributed by atoms with van der Waals surface area (Å²) >= 11 is 0. The number of allylic oxidation sites excluding steroid dienone is 4. The minimum Gasteiger partial charge on any atom is -0.386 e. The molecule has 0 radical (unpaired) electrons. The highest BCUT2D eigenvalue weighted by Crippen LogP contribution is 2.51.